The summed E-state index contributed by atoms with van der Waals surface area (Å²) in [7, 11) is -3.47. The Hall–Kier alpha value is -2.97. The number of thioether (sulfide) groups is 1. The lowest BCUT2D eigenvalue weighted by Gasteiger charge is -2.24. The van der Waals surface area contributed by atoms with E-state index in [1.165, 1.54) is 22.3 Å². The van der Waals surface area contributed by atoms with Crippen LogP contribution in [0.1, 0.15) is 12.8 Å². The summed E-state index contributed by atoms with van der Waals surface area (Å²) in [6.45, 7) is 0.229. The van der Waals surface area contributed by atoms with E-state index < -0.39 is 10.0 Å². The lowest BCUT2D eigenvalue weighted by atomic mass is 10.1. The molecule has 0 saturated carbocycles. The van der Waals surface area contributed by atoms with Crippen LogP contribution >= 0.6 is 11.8 Å². The van der Waals surface area contributed by atoms with Crippen LogP contribution in [0.3, 0.4) is 0 Å². The van der Waals surface area contributed by atoms with E-state index >= 15 is 0 Å². The number of para-hydroxylation sites is 2. The Morgan fingerprint density at radius 2 is 1.72 bits per heavy atom. The number of anilines is 2. The summed E-state index contributed by atoms with van der Waals surface area (Å²) in [6.07, 6.45) is 3.69. The Kier molecular flexibility index (Phi) is 6.43. The number of nitrogens with zero attached hydrogens (tertiary/aromatic N) is 1. The molecule has 1 heterocycles. The molecule has 3 aromatic carbocycles. The zero-order valence-corrected chi connectivity index (χ0v) is 19.5. The van der Waals surface area contributed by atoms with Crippen molar-refractivity contribution in [2.45, 2.75) is 17.7 Å². The number of amides is 1. The molecule has 0 fully saturated rings. The van der Waals surface area contributed by atoms with E-state index in [1.807, 2.05) is 66.9 Å². The van der Waals surface area contributed by atoms with E-state index in [4.69, 9.17) is 4.42 Å². The maximum absolute atomic E-state index is 12.5. The van der Waals surface area contributed by atoms with Gasteiger partial charge in [0, 0.05) is 40.4 Å². The highest BCUT2D eigenvalue weighted by Crippen LogP contribution is 2.31. The van der Waals surface area contributed by atoms with Gasteiger partial charge in [0.1, 0.15) is 11.2 Å². The number of carbonyl (C=O) groups is 1. The zero-order chi connectivity index (χ0) is 22.7. The van der Waals surface area contributed by atoms with Gasteiger partial charge in [-0.1, -0.05) is 30.3 Å². The molecule has 8 heteroatoms. The van der Waals surface area contributed by atoms with E-state index in [-0.39, 0.29) is 18.9 Å². The molecule has 0 atom stereocenters. The monoisotopic (exact) mass is 468 g/mol. The third-order valence-electron chi connectivity index (χ3n) is 5.18. The van der Waals surface area contributed by atoms with E-state index in [2.05, 4.69) is 5.32 Å². The fourth-order valence-corrected chi connectivity index (χ4v) is 5.35. The van der Waals surface area contributed by atoms with Crippen molar-refractivity contribution in [3.8, 4) is 0 Å². The number of furan rings is 1. The van der Waals surface area contributed by atoms with Gasteiger partial charge in [-0.2, -0.15) is 0 Å². The maximum Gasteiger partial charge on any atom is 0.232 e. The molecule has 0 spiro atoms. The van der Waals surface area contributed by atoms with Crippen LogP contribution in [-0.2, 0) is 14.8 Å². The number of fused-ring (bicyclic) bond motifs is 3. The van der Waals surface area contributed by atoms with Crippen molar-refractivity contribution < 1.29 is 17.6 Å². The lowest BCUT2D eigenvalue weighted by molar-refractivity contribution is -0.116. The number of benzene rings is 3. The first kappa shape index (κ1) is 22.2. The Morgan fingerprint density at radius 3 is 2.50 bits per heavy atom. The number of hydrogen-bond acceptors (Lipinski definition) is 5. The molecule has 1 aromatic heterocycles. The quantitative estimate of drug-likeness (QED) is 0.346. The van der Waals surface area contributed by atoms with Gasteiger partial charge in [-0.05, 0) is 43.0 Å². The van der Waals surface area contributed by atoms with Crippen LogP contribution in [0.15, 0.2) is 76.0 Å². The second-order valence-electron chi connectivity index (χ2n) is 7.47. The van der Waals surface area contributed by atoms with Gasteiger partial charge in [0.2, 0.25) is 15.9 Å². The van der Waals surface area contributed by atoms with Crippen molar-refractivity contribution in [3.05, 3.63) is 66.7 Å². The Bertz CT molecular complexity index is 1380. The normalized spacial score (nSPS) is 11.7. The average molecular weight is 469 g/mol. The molecule has 0 aliphatic carbocycles. The van der Waals surface area contributed by atoms with Crippen molar-refractivity contribution in [1.29, 1.82) is 0 Å². The van der Waals surface area contributed by atoms with E-state index in [1.54, 1.807) is 6.07 Å². The molecule has 0 unspecified atom stereocenters. The molecule has 0 radical (unpaired) electrons. The zero-order valence-electron chi connectivity index (χ0n) is 17.9. The molecular weight excluding hydrogens is 444 g/mol. The summed E-state index contributed by atoms with van der Waals surface area (Å²) in [6, 6.07) is 20.8. The highest BCUT2D eigenvalue weighted by molar-refractivity contribution is 7.99. The van der Waals surface area contributed by atoms with E-state index in [0.717, 1.165) is 21.3 Å². The average Bonchev–Trinajstić information content (AvgIpc) is 3.13. The molecule has 0 aliphatic rings. The highest BCUT2D eigenvalue weighted by atomic mass is 32.2. The fourth-order valence-electron chi connectivity index (χ4n) is 3.71. The molecule has 0 saturated heterocycles. The smallest absolute Gasteiger partial charge is 0.232 e. The van der Waals surface area contributed by atoms with Crippen molar-refractivity contribution in [3.63, 3.8) is 0 Å². The molecule has 166 valence electrons. The summed E-state index contributed by atoms with van der Waals surface area (Å²) in [4.78, 5) is 13.4. The van der Waals surface area contributed by atoms with Crippen LogP contribution in [0.25, 0.3) is 21.9 Å². The summed E-state index contributed by atoms with van der Waals surface area (Å²) in [5.74, 6) is -0.174. The van der Waals surface area contributed by atoms with Crippen molar-refractivity contribution >= 4 is 61.0 Å². The maximum atomic E-state index is 12.5. The second-order valence-corrected chi connectivity index (χ2v) is 10.2. The third-order valence-corrected chi connectivity index (χ3v) is 7.15. The van der Waals surface area contributed by atoms with E-state index in [9.17, 15) is 13.2 Å². The van der Waals surface area contributed by atoms with Crippen molar-refractivity contribution in [1.82, 2.24) is 0 Å². The van der Waals surface area contributed by atoms with Crippen LogP contribution in [0.2, 0.25) is 0 Å². The predicted octanol–water partition coefficient (Wildman–Crippen LogP) is 5.49. The van der Waals surface area contributed by atoms with Gasteiger partial charge in [0.25, 0.3) is 0 Å². The van der Waals surface area contributed by atoms with Crippen LogP contribution in [0, 0.1) is 0 Å². The first-order chi connectivity index (χ1) is 15.4. The van der Waals surface area contributed by atoms with Crippen LogP contribution in [0.4, 0.5) is 11.4 Å². The van der Waals surface area contributed by atoms with Crippen LogP contribution < -0.4 is 9.62 Å². The molecule has 6 nitrogen and oxygen atoms in total. The third kappa shape index (κ3) is 4.76. The molecule has 4 rings (SSSR count). The van der Waals surface area contributed by atoms with Gasteiger partial charge in [-0.15, -0.1) is 11.8 Å². The minimum atomic E-state index is -3.47. The number of carbonyl (C=O) groups excluding carboxylic acids is 1. The largest absolute Gasteiger partial charge is 0.456 e. The Balaban J connectivity index is 1.42. The molecule has 0 aliphatic heterocycles. The Morgan fingerprint density at radius 1 is 1.00 bits per heavy atom. The molecule has 32 heavy (non-hydrogen) atoms. The number of nitrogens with one attached hydrogen (secondary N) is 1. The van der Waals surface area contributed by atoms with Crippen LogP contribution in [-0.4, -0.2) is 33.4 Å². The van der Waals surface area contributed by atoms with Crippen molar-refractivity contribution in [2.75, 3.05) is 28.7 Å². The lowest BCUT2D eigenvalue weighted by Crippen LogP contribution is -2.31. The predicted molar refractivity (Wildman–Crippen MR) is 132 cm³/mol. The van der Waals surface area contributed by atoms with Gasteiger partial charge in [-0.25, -0.2) is 8.42 Å². The molecule has 4 aromatic rings. The van der Waals surface area contributed by atoms with Gasteiger partial charge < -0.3 is 9.73 Å². The van der Waals surface area contributed by atoms with Gasteiger partial charge in [-0.3, -0.25) is 9.10 Å². The first-order valence-corrected chi connectivity index (χ1v) is 13.3. The summed E-state index contributed by atoms with van der Waals surface area (Å²) < 4.78 is 32.0. The molecular formula is C24H24N2O4S2. The number of sulfonamides is 1. The molecule has 1 N–H and O–H groups in total. The standard InChI is InChI=1S/C24H24N2O4S2/c1-31-23-11-6-4-9-20(23)26(32(2,28)29)15-7-12-24(27)25-17-13-14-19-18-8-3-5-10-21(18)30-22(19)16-17/h3-6,8-11,13-14,16H,7,12,15H2,1-2H3,(H,25,27). The molecule has 0 bridgehead atoms. The minimum absolute atomic E-state index is 0.174. The number of hydrogen-bond donors (Lipinski definition) is 1. The van der Waals surface area contributed by atoms with Gasteiger partial charge in [0.15, 0.2) is 0 Å². The number of rotatable bonds is 8. The van der Waals surface area contributed by atoms with Crippen molar-refractivity contribution in [2.24, 2.45) is 0 Å². The van der Waals surface area contributed by atoms with Crippen LogP contribution in [0.5, 0.6) is 0 Å². The minimum Gasteiger partial charge on any atom is -0.456 e. The summed E-state index contributed by atoms with van der Waals surface area (Å²) in [5.41, 5.74) is 2.80. The molecule has 1 amide bonds. The summed E-state index contributed by atoms with van der Waals surface area (Å²) in [5, 5.41) is 4.91. The summed E-state index contributed by atoms with van der Waals surface area (Å²) >= 11 is 1.49. The van der Waals surface area contributed by atoms with E-state index in [0.29, 0.717) is 23.4 Å². The Labute approximate surface area is 191 Å². The van der Waals surface area contributed by atoms with Gasteiger partial charge in [0.05, 0.1) is 11.9 Å². The second kappa shape index (κ2) is 9.26. The highest BCUT2D eigenvalue weighted by Gasteiger charge is 2.20. The SMILES string of the molecule is CSc1ccccc1N(CCCC(=O)Nc1ccc2c(c1)oc1ccccc12)S(C)(=O)=O. The fraction of sp³-hybridized carbons (Fsp3) is 0.208. The topological polar surface area (TPSA) is 79.6 Å². The van der Waals surface area contributed by atoms with Gasteiger partial charge >= 0.3 is 0 Å². The first-order valence-electron chi connectivity index (χ1n) is 10.2.